The number of alkyl halides is 3. The van der Waals surface area contributed by atoms with Crippen LogP contribution in [-0.2, 0) is 11.3 Å². The number of benzene rings is 2. The van der Waals surface area contributed by atoms with E-state index in [1.54, 1.807) is 17.0 Å². The summed E-state index contributed by atoms with van der Waals surface area (Å²) in [6.45, 7) is 4.06. The lowest BCUT2D eigenvalue weighted by Crippen LogP contribution is -2.53. The van der Waals surface area contributed by atoms with Crippen LogP contribution < -0.4 is 15.8 Å². The molecule has 188 valence electrons. The molecule has 7 nitrogen and oxygen atoms in total. The summed E-state index contributed by atoms with van der Waals surface area (Å²) in [5.41, 5.74) is 6.13. The van der Waals surface area contributed by atoms with Crippen molar-refractivity contribution in [2.45, 2.75) is 25.9 Å². The van der Waals surface area contributed by atoms with Gasteiger partial charge in [0.1, 0.15) is 11.6 Å². The molecule has 0 aromatic heterocycles. The van der Waals surface area contributed by atoms with Crippen molar-refractivity contribution in [3.8, 4) is 5.75 Å². The van der Waals surface area contributed by atoms with Gasteiger partial charge >= 0.3 is 12.4 Å². The molecule has 12 heteroatoms. The summed E-state index contributed by atoms with van der Waals surface area (Å²) in [5.74, 6) is -1.36. The maximum absolute atomic E-state index is 13.1. The summed E-state index contributed by atoms with van der Waals surface area (Å²) >= 11 is 5.83. The Morgan fingerprint density at radius 2 is 1.91 bits per heavy atom. The van der Waals surface area contributed by atoms with Crippen molar-refractivity contribution in [3.63, 3.8) is 0 Å². The Morgan fingerprint density at radius 1 is 1.23 bits per heavy atom. The predicted octanol–water partition coefficient (Wildman–Crippen LogP) is 4.61. The third-order valence-electron chi connectivity index (χ3n) is 5.31. The number of ether oxygens (including phenoxy) is 1. The third-order valence-corrected chi connectivity index (χ3v) is 5.60. The Labute approximate surface area is 204 Å². The molecule has 0 saturated carbocycles. The van der Waals surface area contributed by atoms with Crippen LogP contribution in [0.2, 0.25) is 5.02 Å². The van der Waals surface area contributed by atoms with Crippen LogP contribution >= 0.6 is 11.6 Å². The number of urea groups is 1. The van der Waals surface area contributed by atoms with Gasteiger partial charge in [0.2, 0.25) is 5.91 Å². The van der Waals surface area contributed by atoms with Crippen LogP contribution in [0.4, 0.5) is 28.0 Å². The van der Waals surface area contributed by atoms with Crippen LogP contribution in [0.5, 0.6) is 5.75 Å². The van der Waals surface area contributed by atoms with Crippen molar-refractivity contribution >= 4 is 35.3 Å². The molecule has 0 radical (unpaired) electrons. The smallest absolute Gasteiger partial charge is 0.404 e. The number of hydrogen-bond acceptors (Lipinski definition) is 4. The number of halogens is 5. The largest absolute Gasteiger partial charge is 0.573 e. The summed E-state index contributed by atoms with van der Waals surface area (Å²) in [7, 11) is 0. The lowest BCUT2D eigenvalue weighted by Gasteiger charge is -2.39. The zero-order valence-corrected chi connectivity index (χ0v) is 19.4. The summed E-state index contributed by atoms with van der Waals surface area (Å²) in [5, 5.41) is 1.86. The first-order valence-corrected chi connectivity index (χ1v) is 10.9. The summed E-state index contributed by atoms with van der Waals surface area (Å²) < 4.78 is 55.1. The molecule has 2 aromatic rings. The van der Waals surface area contributed by atoms with Crippen molar-refractivity contribution in [2.24, 2.45) is 5.73 Å². The van der Waals surface area contributed by atoms with Crippen LogP contribution in [0.15, 0.2) is 42.5 Å². The van der Waals surface area contributed by atoms with Gasteiger partial charge in [0.05, 0.1) is 10.7 Å². The fourth-order valence-corrected chi connectivity index (χ4v) is 3.96. The molecular formula is C23H23ClF4N4O3. The fraction of sp³-hybridized carbons (Fsp3) is 0.304. The second-order valence-corrected chi connectivity index (χ2v) is 8.39. The standard InChI is InChI=1S/C23H23ClF4N4O3/c1-14-12-31(13-15-2-5-17(25)6-3-15)8-9-32(14)21(33)7-4-16-10-20(35-23(26,27)28)18(24)11-19(16)30-22(29)34/h2-7,10-11,14H,8-9,12-13H2,1H3,(H3,29,30,34)/b7-4+/t14-/m1/s1. The Balaban J connectivity index is 1.71. The van der Waals surface area contributed by atoms with E-state index in [2.05, 4.69) is 15.0 Å². The average Bonchev–Trinajstić information content (AvgIpc) is 2.75. The lowest BCUT2D eigenvalue weighted by molar-refractivity contribution is -0.274. The second-order valence-electron chi connectivity index (χ2n) is 7.98. The third kappa shape index (κ3) is 7.59. The van der Waals surface area contributed by atoms with Gasteiger partial charge in [0, 0.05) is 43.9 Å². The number of amides is 3. The van der Waals surface area contributed by atoms with Gasteiger partial charge in [-0.2, -0.15) is 0 Å². The van der Waals surface area contributed by atoms with Gasteiger partial charge < -0.3 is 20.7 Å². The number of nitrogens with one attached hydrogen (secondary N) is 1. The van der Waals surface area contributed by atoms with E-state index >= 15 is 0 Å². The fourth-order valence-electron chi connectivity index (χ4n) is 3.76. The zero-order valence-electron chi connectivity index (χ0n) is 18.6. The van der Waals surface area contributed by atoms with E-state index in [0.717, 1.165) is 17.7 Å². The number of hydrogen-bond donors (Lipinski definition) is 2. The van der Waals surface area contributed by atoms with Gasteiger partial charge in [0.25, 0.3) is 0 Å². The number of carbonyl (C=O) groups is 2. The SMILES string of the molecule is C[C@@H]1CN(Cc2ccc(F)cc2)CCN1C(=O)/C=C/c1cc(OC(F)(F)F)c(Cl)cc1NC(N)=O. The Hall–Kier alpha value is -3.31. The molecule has 35 heavy (non-hydrogen) atoms. The molecule has 0 aliphatic carbocycles. The molecule has 1 saturated heterocycles. The van der Waals surface area contributed by atoms with Crippen LogP contribution in [0, 0.1) is 5.82 Å². The Bertz CT molecular complexity index is 1110. The first-order valence-electron chi connectivity index (χ1n) is 10.5. The van der Waals surface area contributed by atoms with E-state index in [4.69, 9.17) is 17.3 Å². The highest BCUT2D eigenvalue weighted by molar-refractivity contribution is 6.32. The minimum absolute atomic E-state index is 0.0123. The number of nitrogens with two attached hydrogens (primary N) is 1. The number of piperazine rings is 1. The molecule has 3 rings (SSSR count). The molecule has 1 atom stereocenters. The Kier molecular flexibility index (Phi) is 8.23. The molecule has 1 aliphatic rings. The molecular weight excluding hydrogens is 492 g/mol. The van der Waals surface area contributed by atoms with Gasteiger partial charge in [0.15, 0.2) is 0 Å². The van der Waals surface area contributed by atoms with E-state index in [1.165, 1.54) is 24.3 Å². The minimum Gasteiger partial charge on any atom is -0.404 e. The Morgan fingerprint density at radius 3 is 2.51 bits per heavy atom. The highest BCUT2D eigenvalue weighted by atomic mass is 35.5. The lowest BCUT2D eigenvalue weighted by atomic mass is 10.1. The molecule has 1 heterocycles. The summed E-state index contributed by atoms with van der Waals surface area (Å²) in [4.78, 5) is 27.9. The molecule has 3 amide bonds. The van der Waals surface area contributed by atoms with E-state index in [9.17, 15) is 27.2 Å². The molecule has 1 aliphatic heterocycles. The molecule has 0 bridgehead atoms. The van der Waals surface area contributed by atoms with Crippen molar-refractivity contribution < 1.29 is 31.9 Å². The highest BCUT2D eigenvalue weighted by Crippen LogP contribution is 2.35. The minimum atomic E-state index is -4.98. The monoisotopic (exact) mass is 514 g/mol. The summed E-state index contributed by atoms with van der Waals surface area (Å²) in [6.07, 6.45) is -2.54. The second kappa shape index (κ2) is 11.0. The van der Waals surface area contributed by atoms with E-state index in [0.29, 0.717) is 26.2 Å². The van der Waals surface area contributed by atoms with Crippen LogP contribution in [0.1, 0.15) is 18.1 Å². The number of nitrogens with zero attached hydrogens (tertiary/aromatic N) is 2. The van der Waals surface area contributed by atoms with Gasteiger partial charge in [-0.25, -0.2) is 9.18 Å². The molecule has 0 spiro atoms. The first kappa shape index (κ1) is 26.3. The van der Waals surface area contributed by atoms with Gasteiger partial charge in [-0.15, -0.1) is 13.2 Å². The average molecular weight is 515 g/mol. The van der Waals surface area contributed by atoms with Gasteiger partial charge in [-0.1, -0.05) is 23.7 Å². The topological polar surface area (TPSA) is 87.9 Å². The van der Waals surface area contributed by atoms with E-state index < -0.39 is 23.2 Å². The highest BCUT2D eigenvalue weighted by Gasteiger charge is 2.32. The van der Waals surface area contributed by atoms with Crippen molar-refractivity contribution in [3.05, 3.63) is 64.4 Å². The number of rotatable bonds is 6. The number of carbonyl (C=O) groups excluding carboxylic acids is 2. The quantitative estimate of drug-likeness (QED) is 0.435. The van der Waals surface area contributed by atoms with Crippen molar-refractivity contribution in [2.75, 3.05) is 25.0 Å². The predicted molar refractivity (Wildman–Crippen MR) is 123 cm³/mol. The van der Waals surface area contributed by atoms with Crippen LogP contribution in [-0.4, -0.2) is 53.8 Å². The van der Waals surface area contributed by atoms with Crippen molar-refractivity contribution in [1.29, 1.82) is 0 Å². The molecule has 3 N–H and O–H groups in total. The number of anilines is 1. The first-order chi connectivity index (χ1) is 16.4. The van der Waals surface area contributed by atoms with E-state index in [-0.39, 0.29) is 29.0 Å². The molecule has 2 aromatic carbocycles. The number of primary amides is 1. The van der Waals surface area contributed by atoms with Crippen molar-refractivity contribution in [1.82, 2.24) is 9.80 Å². The van der Waals surface area contributed by atoms with Crippen LogP contribution in [0.3, 0.4) is 0 Å². The summed E-state index contributed by atoms with van der Waals surface area (Å²) in [6, 6.07) is 7.10. The van der Waals surface area contributed by atoms with Gasteiger partial charge in [-0.05, 0) is 42.8 Å². The maximum atomic E-state index is 13.1. The van der Waals surface area contributed by atoms with E-state index in [1.807, 2.05) is 6.92 Å². The van der Waals surface area contributed by atoms with Crippen LogP contribution in [0.25, 0.3) is 6.08 Å². The molecule has 0 unspecified atom stereocenters. The normalized spacial score (nSPS) is 17.0. The maximum Gasteiger partial charge on any atom is 0.573 e. The zero-order chi connectivity index (χ0) is 25.8. The molecule has 1 fully saturated rings. The van der Waals surface area contributed by atoms with Gasteiger partial charge in [-0.3, -0.25) is 9.69 Å².